The molecule has 1 rings (SSSR count). The Morgan fingerprint density at radius 3 is 2.79 bits per heavy atom. The van der Waals surface area contributed by atoms with Crippen LogP contribution in [0.5, 0.6) is 0 Å². The lowest BCUT2D eigenvalue weighted by Gasteiger charge is -2.03. The van der Waals surface area contributed by atoms with Crippen LogP contribution in [-0.4, -0.2) is 23.5 Å². The fourth-order valence-electron chi connectivity index (χ4n) is 1.13. The van der Waals surface area contributed by atoms with Crippen molar-refractivity contribution in [2.45, 2.75) is 0 Å². The van der Waals surface area contributed by atoms with E-state index in [1.54, 1.807) is 30.3 Å². The summed E-state index contributed by atoms with van der Waals surface area (Å²) in [6, 6.07) is 8.37. The van der Waals surface area contributed by atoms with Crippen LogP contribution >= 0.6 is 11.6 Å². The van der Waals surface area contributed by atoms with Gasteiger partial charge in [-0.15, -0.1) is 0 Å². The molecule has 0 aliphatic rings. The number of carbonyl (C=O) groups excluding carboxylic acids is 1. The number of benzene rings is 1. The predicted molar refractivity (Wildman–Crippen MR) is 69.4 cm³/mol. The van der Waals surface area contributed by atoms with Gasteiger partial charge in [-0.3, -0.25) is 9.59 Å². The van der Waals surface area contributed by atoms with Gasteiger partial charge in [0.15, 0.2) is 0 Å². The maximum Gasteiger partial charge on any atom is 0.322 e. The molecule has 1 amide bonds. The topological polar surface area (TPSA) is 102 Å². The molecule has 3 N–H and O–H groups in total. The fourth-order valence-corrected chi connectivity index (χ4v) is 1.32. The van der Waals surface area contributed by atoms with Gasteiger partial charge in [-0.2, -0.15) is 5.26 Å². The number of nitrogens with one attached hydrogen (secondary N) is 2. The summed E-state index contributed by atoms with van der Waals surface area (Å²) in [5.41, 5.74) is 0.368. The molecule has 1 aromatic carbocycles. The summed E-state index contributed by atoms with van der Waals surface area (Å²) in [4.78, 5) is 21.7. The molecule has 1 aromatic rings. The van der Waals surface area contributed by atoms with Crippen molar-refractivity contribution >= 4 is 29.2 Å². The molecule has 6 nitrogen and oxygen atoms in total. The third-order valence-electron chi connectivity index (χ3n) is 1.97. The normalized spacial score (nSPS) is 10.4. The van der Waals surface area contributed by atoms with Crippen LogP contribution in [0.3, 0.4) is 0 Å². The monoisotopic (exact) mass is 279 g/mol. The van der Waals surface area contributed by atoms with Crippen molar-refractivity contribution in [3.8, 4) is 6.07 Å². The van der Waals surface area contributed by atoms with E-state index in [1.807, 2.05) is 0 Å². The minimum absolute atomic E-state index is 0.235. The highest BCUT2D eigenvalue weighted by molar-refractivity contribution is 6.30. The maximum absolute atomic E-state index is 11.4. The number of carbonyl (C=O) groups is 2. The van der Waals surface area contributed by atoms with E-state index in [0.29, 0.717) is 10.7 Å². The number of amides is 1. The van der Waals surface area contributed by atoms with Crippen molar-refractivity contribution in [1.82, 2.24) is 5.32 Å². The van der Waals surface area contributed by atoms with Gasteiger partial charge in [0.25, 0.3) is 5.91 Å². The molecular weight excluding hydrogens is 270 g/mol. The molecule has 0 radical (unpaired) electrons. The molecule has 0 saturated heterocycles. The second kappa shape index (κ2) is 7.03. The van der Waals surface area contributed by atoms with Gasteiger partial charge in [0.05, 0.1) is 0 Å². The quantitative estimate of drug-likeness (QED) is 0.558. The SMILES string of the molecule is N#C/C(=C/Nc1cccc(Cl)c1)C(=O)NCC(=O)O. The van der Waals surface area contributed by atoms with Crippen LogP contribution < -0.4 is 10.6 Å². The smallest absolute Gasteiger partial charge is 0.322 e. The summed E-state index contributed by atoms with van der Waals surface area (Å²) in [5, 5.41) is 22.5. The number of hydrogen-bond acceptors (Lipinski definition) is 4. The number of hydrogen-bond donors (Lipinski definition) is 3. The van der Waals surface area contributed by atoms with Crippen LogP contribution in [0, 0.1) is 11.3 Å². The lowest BCUT2D eigenvalue weighted by atomic mass is 10.3. The number of halogens is 1. The van der Waals surface area contributed by atoms with Crippen LogP contribution in [0.2, 0.25) is 5.02 Å². The highest BCUT2D eigenvalue weighted by Crippen LogP contribution is 2.15. The molecule has 0 atom stereocenters. The summed E-state index contributed by atoms with van der Waals surface area (Å²) < 4.78 is 0. The van der Waals surface area contributed by atoms with Gasteiger partial charge in [0.1, 0.15) is 18.2 Å². The number of nitrogens with zero attached hydrogens (tertiary/aromatic N) is 1. The average Bonchev–Trinajstić information content (AvgIpc) is 2.37. The molecule has 0 bridgehead atoms. The Morgan fingerprint density at radius 2 is 2.21 bits per heavy atom. The van der Waals surface area contributed by atoms with Crippen LogP contribution in [0.15, 0.2) is 36.0 Å². The van der Waals surface area contributed by atoms with E-state index in [4.69, 9.17) is 22.0 Å². The predicted octanol–water partition coefficient (Wildman–Crippen LogP) is 1.36. The second-order valence-electron chi connectivity index (χ2n) is 3.40. The van der Waals surface area contributed by atoms with Gasteiger partial charge in [0, 0.05) is 16.9 Å². The zero-order valence-electron chi connectivity index (χ0n) is 9.68. The van der Waals surface area contributed by atoms with E-state index in [-0.39, 0.29) is 5.57 Å². The van der Waals surface area contributed by atoms with E-state index in [0.717, 1.165) is 0 Å². The lowest BCUT2D eigenvalue weighted by molar-refractivity contribution is -0.137. The Balaban J connectivity index is 2.69. The third kappa shape index (κ3) is 5.10. The Morgan fingerprint density at radius 1 is 1.47 bits per heavy atom. The van der Waals surface area contributed by atoms with E-state index in [1.165, 1.54) is 6.20 Å². The van der Waals surface area contributed by atoms with Crippen molar-refractivity contribution in [3.63, 3.8) is 0 Å². The van der Waals surface area contributed by atoms with Crippen molar-refractivity contribution < 1.29 is 14.7 Å². The minimum Gasteiger partial charge on any atom is -0.480 e. The van der Waals surface area contributed by atoms with Gasteiger partial charge >= 0.3 is 5.97 Å². The summed E-state index contributed by atoms with van der Waals surface area (Å²) in [6.45, 7) is -0.547. The minimum atomic E-state index is -1.19. The van der Waals surface area contributed by atoms with Crippen LogP contribution in [-0.2, 0) is 9.59 Å². The molecule has 98 valence electrons. The molecular formula is C12H10ClN3O3. The highest BCUT2D eigenvalue weighted by Gasteiger charge is 2.09. The van der Waals surface area contributed by atoms with Gasteiger partial charge in [0.2, 0.25) is 0 Å². The van der Waals surface area contributed by atoms with Crippen molar-refractivity contribution in [3.05, 3.63) is 41.1 Å². The summed E-state index contributed by atoms with van der Waals surface area (Å²) in [6.07, 6.45) is 1.18. The first-order chi connectivity index (χ1) is 9.02. The summed E-state index contributed by atoms with van der Waals surface area (Å²) in [5.74, 6) is -1.95. The number of anilines is 1. The molecule has 0 spiro atoms. The molecule has 19 heavy (non-hydrogen) atoms. The number of carboxylic acids is 1. The second-order valence-corrected chi connectivity index (χ2v) is 3.84. The van der Waals surface area contributed by atoms with Gasteiger partial charge < -0.3 is 15.7 Å². The Labute approximate surface area is 114 Å². The lowest BCUT2D eigenvalue weighted by Crippen LogP contribution is -2.30. The Kier molecular flexibility index (Phi) is 5.38. The number of aliphatic carboxylic acids is 1. The Hall–Kier alpha value is -2.52. The van der Waals surface area contributed by atoms with E-state index in [9.17, 15) is 9.59 Å². The fraction of sp³-hybridized carbons (Fsp3) is 0.0833. The van der Waals surface area contributed by atoms with Crippen LogP contribution in [0.25, 0.3) is 0 Å². The molecule has 0 saturated carbocycles. The molecule has 7 heteroatoms. The summed E-state index contributed by atoms with van der Waals surface area (Å²) >= 11 is 5.77. The number of rotatable bonds is 5. The Bertz CT molecular complexity index is 564. The van der Waals surface area contributed by atoms with Gasteiger partial charge in [-0.25, -0.2) is 0 Å². The first-order valence-electron chi connectivity index (χ1n) is 5.15. The zero-order valence-corrected chi connectivity index (χ0v) is 10.4. The highest BCUT2D eigenvalue weighted by atomic mass is 35.5. The van der Waals surface area contributed by atoms with E-state index < -0.39 is 18.4 Å². The van der Waals surface area contributed by atoms with Gasteiger partial charge in [-0.05, 0) is 18.2 Å². The van der Waals surface area contributed by atoms with E-state index >= 15 is 0 Å². The maximum atomic E-state index is 11.4. The molecule has 0 heterocycles. The number of nitriles is 1. The molecule has 0 aromatic heterocycles. The summed E-state index contributed by atoms with van der Waals surface area (Å²) in [7, 11) is 0. The zero-order chi connectivity index (χ0) is 14.3. The number of carboxylic acid groups (broad SMARTS) is 1. The van der Waals surface area contributed by atoms with E-state index in [2.05, 4.69) is 10.6 Å². The first-order valence-corrected chi connectivity index (χ1v) is 5.53. The van der Waals surface area contributed by atoms with Crippen molar-refractivity contribution in [2.24, 2.45) is 0 Å². The van der Waals surface area contributed by atoms with Crippen molar-refractivity contribution in [2.75, 3.05) is 11.9 Å². The van der Waals surface area contributed by atoms with Crippen molar-refractivity contribution in [1.29, 1.82) is 5.26 Å². The largest absolute Gasteiger partial charge is 0.480 e. The molecule has 0 aliphatic heterocycles. The first kappa shape index (κ1) is 14.5. The molecule has 0 unspecified atom stereocenters. The third-order valence-corrected chi connectivity index (χ3v) is 2.21. The molecule has 0 fully saturated rings. The molecule has 0 aliphatic carbocycles. The van der Waals surface area contributed by atoms with Crippen LogP contribution in [0.1, 0.15) is 0 Å². The van der Waals surface area contributed by atoms with Crippen LogP contribution in [0.4, 0.5) is 5.69 Å². The van der Waals surface area contributed by atoms with Gasteiger partial charge in [-0.1, -0.05) is 17.7 Å². The standard InChI is InChI=1S/C12H10ClN3O3/c13-9-2-1-3-10(4-9)15-6-8(5-14)12(19)16-7-11(17)18/h1-4,6,15H,7H2,(H,16,19)(H,17,18)/b8-6-. The average molecular weight is 280 g/mol.